The molecule has 0 unspecified atom stereocenters. The largest absolute Gasteiger partial charge is 0.484 e. The number of ether oxygens (including phenoxy) is 1. The highest BCUT2D eigenvalue weighted by Gasteiger charge is 2.28. The van der Waals surface area contributed by atoms with Crippen molar-refractivity contribution in [3.05, 3.63) is 42.4 Å². The van der Waals surface area contributed by atoms with Gasteiger partial charge in [0, 0.05) is 13.1 Å². The van der Waals surface area contributed by atoms with Gasteiger partial charge in [0.25, 0.3) is 0 Å². The minimum Gasteiger partial charge on any atom is -0.484 e. The maximum atomic E-state index is 12.1. The third-order valence-corrected chi connectivity index (χ3v) is 2.80. The van der Waals surface area contributed by atoms with Gasteiger partial charge in [-0.25, -0.2) is 9.97 Å². The fourth-order valence-electron chi connectivity index (χ4n) is 1.90. The van der Waals surface area contributed by atoms with Crippen molar-refractivity contribution < 1.29 is 22.7 Å². The Morgan fingerprint density at radius 1 is 1.22 bits per heavy atom. The number of anilines is 2. The van der Waals surface area contributed by atoms with E-state index in [9.17, 15) is 18.0 Å². The first kappa shape index (κ1) is 16.7. The van der Waals surface area contributed by atoms with Crippen molar-refractivity contribution in [1.29, 1.82) is 0 Å². The van der Waals surface area contributed by atoms with Crippen LogP contribution >= 0.6 is 0 Å². The number of alkyl halides is 3. The summed E-state index contributed by atoms with van der Waals surface area (Å²) in [7, 11) is 0. The van der Waals surface area contributed by atoms with Crippen LogP contribution in [0.3, 0.4) is 0 Å². The van der Waals surface area contributed by atoms with E-state index in [1.807, 2.05) is 0 Å². The van der Waals surface area contributed by atoms with Gasteiger partial charge in [-0.2, -0.15) is 13.2 Å². The van der Waals surface area contributed by atoms with Crippen LogP contribution in [0.4, 0.5) is 24.7 Å². The standard InChI is InChI=1S/C15H14F3N3O2/c1-10-19-8-7-14(20-10)21(11(2)22)12-3-5-13(6-4-12)23-9-15(16,17)18/h3-8H,9H2,1-2H3. The van der Waals surface area contributed by atoms with Gasteiger partial charge < -0.3 is 4.74 Å². The number of aryl methyl sites for hydroxylation is 1. The number of nitrogens with zero attached hydrogens (tertiary/aromatic N) is 3. The Bertz CT molecular complexity index is 687. The van der Waals surface area contributed by atoms with Crippen molar-refractivity contribution in [2.75, 3.05) is 11.5 Å². The third kappa shape index (κ3) is 4.67. The second-order valence-corrected chi connectivity index (χ2v) is 4.71. The first-order chi connectivity index (χ1) is 10.8. The molecule has 0 bridgehead atoms. The normalized spacial score (nSPS) is 11.2. The Hall–Kier alpha value is -2.64. The quantitative estimate of drug-likeness (QED) is 0.864. The lowest BCUT2D eigenvalue weighted by Gasteiger charge is -2.20. The zero-order valence-corrected chi connectivity index (χ0v) is 12.5. The van der Waals surface area contributed by atoms with E-state index in [-0.39, 0.29) is 11.7 Å². The molecule has 8 heteroatoms. The van der Waals surface area contributed by atoms with E-state index in [1.54, 1.807) is 13.0 Å². The van der Waals surface area contributed by atoms with Crippen molar-refractivity contribution in [2.24, 2.45) is 0 Å². The molecule has 0 N–H and O–H groups in total. The number of carbonyl (C=O) groups is 1. The lowest BCUT2D eigenvalue weighted by atomic mass is 10.2. The number of halogens is 3. The lowest BCUT2D eigenvalue weighted by molar-refractivity contribution is -0.153. The molecule has 0 spiro atoms. The average molecular weight is 325 g/mol. The Morgan fingerprint density at radius 3 is 2.39 bits per heavy atom. The Balaban J connectivity index is 2.22. The van der Waals surface area contributed by atoms with Crippen LogP contribution in [-0.4, -0.2) is 28.7 Å². The lowest BCUT2D eigenvalue weighted by Crippen LogP contribution is -2.24. The van der Waals surface area contributed by atoms with Crippen LogP contribution < -0.4 is 9.64 Å². The van der Waals surface area contributed by atoms with Crippen molar-refractivity contribution in [3.63, 3.8) is 0 Å². The van der Waals surface area contributed by atoms with E-state index < -0.39 is 12.8 Å². The monoisotopic (exact) mass is 325 g/mol. The molecule has 5 nitrogen and oxygen atoms in total. The summed E-state index contributed by atoms with van der Waals surface area (Å²) in [4.78, 5) is 21.4. The van der Waals surface area contributed by atoms with Gasteiger partial charge >= 0.3 is 6.18 Å². The van der Waals surface area contributed by atoms with Gasteiger partial charge in [0.1, 0.15) is 17.4 Å². The Morgan fingerprint density at radius 2 is 1.87 bits per heavy atom. The number of aromatic nitrogens is 2. The molecule has 1 heterocycles. The van der Waals surface area contributed by atoms with Gasteiger partial charge in [-0.1, -0.05) is 0 Å². The van der Waals surface area contributed by atoms with Crippen LogP contribution in [0.25, 0.3) is 0 Å². The molecule has 1 aromatic carbocycles. The highest BCUT2D eigenvalue weighted by Crippen LogP contribution is 2.26. The molecule has 0 radical (unpaired) electrons. The number of amides is 1. The van der Waals surface area contributed by atoms with Gasteiger partial charge in [0.05, 0.1) is 5.69 Å². The van der Waals surface area contributed by atoms with Gasteiger partial charge in [0.2, 0.25) is 5.91 Å². The predicted molar refractivity (Wildman–Crippen MR) is 77.6 cm³/mol. The maximum Gasteiger partial charge on any atom is 0.422 e. The molecular weight excluding hydrogens is 311 g/mol. The van der Waals surface area contributed by atoms with Crippen LogP contribution in [0.5, 0.6) is 5.75 Å². The summed E-state index contributed by atoms with van der Waals surface area (Å²) in [5.74, 6) is 0.661. The van der Waals surface area contributed by atoms with Crippen molar-refractivity contribution in [3.8, 4) is 5.75 Å². The number of hydrogen-bond donors (Lipinski definition) is 0. The molecule has 0 aliphatic carbocycles. The number of hydrogen-bond acceptors (Lipinski definition) is 4. The molecule has 0 aliphatic heterocycles. The SMILES string of the molecule is CC(=O)N(c1ccc(OCC(F)(F)F)cc1)c1ccnc(C)n1. The fraction of sp³-hybridized carbons (Fsp3) is 0.267. The van der Waals surface area contributed by atoms with E-state index in [1.165, 1.54) is 42.3 Å². The van der Waals surface area contributed by atoms with Crippen LogP contribution in [0.15, 0.2) is 36.5 Å². The van der Waals surface area contributed by atoms with Crippen LogP contribution in [0.1, 0.15) is 12.7 Å². The Kier molecular flexibility index (Phi) is 4.83. The summed E-state index contributed by atoms with van der Waals surface area (Å²) >= 11 is 0. The summed E-state index contributed by atoms with van der Waals surface area (Å²) in [5.41, 5.74) is 0.468. The van der Waals surface area contributed by atoms with E-state index in [0.717, 1.165) is 0 Å². The summed E-state index contributed by atoms with van der Waals surface area (Å²) in [5, 5.41) is 0. The topological polar surface area (TPSA) is 55.3 Å². The highest BCUT2D eigenvalue weighted by molar-refractivity contribution is 5.98. The summed E-state index contributed by atoms with van der Waals surface area (Å²) < 4.78 is 41.0. The predicted octanol–water partition coefficient (Wildman–Crippen LogP) is 3.41. The van der Waals surface area contributed by atoms with Crippen molar-refractivity contribution in [1.82, 2.24) is 9.97 Å². The molecule has 0 saturated carbocycles. The molecule has 2 aromatic rings. The average Bonchev–Trinajstić information content (AvgIpc) is 2.45. The van der Waals surface area contributed by atoms with Crippen molar-refractivity contribution >= 4 is 17.4 Å². The van der Waals surface area contributed by atoms with Gasteiger partial charge in [0.15, 0.2) is 6.61 Å². The molecule has 0 saturated heterocycles. The van der Waals surface area contributed by atoms with Crippen molar-refractivity contribution in [2.45, 2.75) is 20.0 Å². The molecule has 23 heavy (non-hydrogen) atoms. The van der Waals surface area contributed by atoms with Crippen LogP contribution in [0.2, 0.25) is 0 Å². The van der Waals surface area contributed by atoms with Gasteiger partial charge in [-0.05, 0) is 37.3 Å². The smallest absolute Gasteiger partial charge is 0.422 e. The molecular formula is C15H14F3N3O2. The fourth-order valence-corrected chi connectivity index (χ4v) is 1.90. The molecule has 2 rings (SSSR count). The second-order valence-electron chi connectivity index (χ2n) is 4.71. The number of benzene rings is 1. The van der Waals surface area contributed by atoms with Gasteiger partial charge in [-0.15, -0.1) is 0 Å². The molecule has 1 aromatic heterocycles. The molecule has 1 amide bonds. The maximum absolute atomic E-state index is 12.1. The first-order valence-electron chi connectivity index (χ1n) is 6.66. The molecule has 122 valence electrons. The third-order valence-electron chi connectivity index (χ3n) is 2.80. The summed E-state index contributed by atoms with van der Waals surface area (Å²) in [6.45, 7) is 1.69. The van der Waals surface area contributed by atoms with E-state index in [0.29, 0.717) is 17.3 Å². The van der Waals surface area contributed by atoms with Crippen LogP contribution in [-0.2, 0) is 4.79 Å². The van der Waals surface area contributed by atoms with E-state index >= 15 is 0 Å². The number of rotatable bonds is 4. The second kappa shape index (κ2) is 6.64. The Labute approximate surface area is 130 Å². The summed E-state index contributed by atoms with van der Waals surface area (Å²) in [6, 6.07) is 7.29. The molecule has 0 atom stereocenters. The first-order valence-corrected chi connectivity index (χ1v) is 6.66. The van der Waals surface area contributed by atoms with Gasteiger partial charge in [-0.3, -0.25) is 9.69 Å². The number of carbonyl (C=O) groups excluding carboxylic acids is 1. The highest BCUT2D eigenvalue weighted by atomic mass is 19.4. The molecule has 0 fully saturated rings. The molecule has 0 aliphatic rings. The van der Waals surface area contributed by atoms with E-state index in [4.69, 9.17) is 0 Å². The summed E-state index contributed by atoms with van der Waals surface area (Å²) in [6.07, 6.45) is -2.88. The minimum atomic E-state index is -4.40. The van der Waals surface area contributed by atoms with E-state index in [2.05, 4.69) is 14.7 Å². The zero-order chi connectivity index (χ0) is 17.0. The zero-order valence-electron chi connectivity index (χ0n) is 12.5. The van der Waals surface area contributed by atoms with Crippen LogP contribution in [0, 0.1) is 6.92 Å². The minimum absolute atomic E-state index is 0.0634.